The fraction of sp³-hybridized carbons (Fsp3) is 0.500. The summed E-state index contributed by atoms with van der Waals surface area (Å²) in [5, 5.41) is 0. The molecule has 1 amide bonds. The number of carbonyl (C=O) groups is 1. The maximum absolute atomic E-state index is 12.6. The molecule has 0 saturated heterocycles. The summed E-state index contributed by atoms with van der Waals surface area (Å²) in [6.45, 7) is 5.66. The molecule has 0 saturated carbocycles. The molecule has 0 aromatic heterocycles. The Morgan fingerprint density at radius 1 is 1.15 bits per heavy atom. The van der Waals surface area contributed by atoms with E-state index in [-0.39, 0.29) is 13.1 Å². The van der Waals surface area contributed by atoms with Crippen molar-refractivity contribution in [2.75, 3.05) is 0 Å². The molecule has 0 bridgehead atoms. The van der Waals surface area contributed by atoms with E-state index in [0.29, 0.717) is 5.56 Å². The Labute approximate surface area is 115 Å². The Balaban J connectivity index is 2.14. The third kappa shape index (κ3) is 3.23. The second-order valence-corrected chi connectivity index (χ2v) is 5.82. The van der Waals surface area contributed by atoms with Gasteiger partial charge in [0.1, 0.15) is 5.60 Å². The predicted molar refractivity (Wildman–Crippen MR) is 66.9 cm³/mol. The first-order chi connectivity index (χ1) is 9.06. The number of alkyl halides is 3. The van der Waals surface area contributed by atoms with E-state index in [1.807, 2.05) is 0 Å². The maximum Gasteiger partial charge on any atom is 0.416 e. The molecule has 110 valence electrons. The summed E-state index contributed by atoms with van der Waals surface area (Å²) in [6, 6.07) is 3.56. The van der Waals surface area contributed by atoms with E-state index in [0.717, 1.165) is 17.7 Å². The first-order valence-corrected chi connectivity index (χ1v) is 6.23. The Hall–Kier alpha value is -1.72. The van der Waals surface area contributed by atoms with E-state index in [1.165, 1.54) is 11.0 Å². The molecule has 1 aromatic rings. The van der Waals surface area contributed by atoms with Crippen LogP contribution >= 0.6 is 0 Å². The molecule has 1 heterocycles. The van der Waals surface area contributed by atoms with Crippen LogP contribution in [0.15, 0.2) is 18.2 Å². The fourth-order valence-electron chi connectivity index (χ4n) is 2.03. The number of rotatable bonds is 0. The number of amides is 1. The largest absolute Gasteiger partial charge is 0.444 e. The number of fused-ring (bicyclic) bond motifs is 1. The zero-order valence-corrected chi connectivity index (χ0v) is 11.5. The van der Waals surface area contributed by atoms with Crippen molar-refractivity contribution >= 4 is 6.09 Å². The SMILES string of the molecule is CC(C)(C)OC(=O)N1Cc2ccc(C(F)(F)F)cc2C1. The third-order valence-electron chi connectivity index (χ3n) is 2.91. The van der Waals surface area contributed by atoms with Crippen LogP contribution in [0.5, 0.6) is 0 Å². The monoisotopic (exact) mass is 287 g/mol. The molecule has 1 aliphatic heterocycles. The van der Waals surface area contributed by atoms with Gasteiger partial charge in [0.15, 0.2) is 0 Å². The molecular formula is C14H16F3NO2. The van der Waals surface area contributed by atoms with Crippen LogP contribution in [0, 0.1) is 0 Å². The van der Waals surface area contributed by atoms with Crippen molar-refractivity contribution < 1.29 is 22.7 Å². The summed E-state index contributed by atoms with van der Waals surface area (Å²) in [6.07, 6.45) is -4.88. The zero-order chi connectivity index (χ0) is 15.1. The van der Waals surface area contributed by atoms with E-state index in [1.54, 1.807) is 20.8 Å². The van der Waals surface area contributed by atoms with Gasteiger partial charge in [0.2, 0.25) is 0 Å². The summed E-state index contributed by atoms with van der Waals surface area (Å²) in [5.74, 6) is 0. The molecule has 0 aliphatic carbocycles. The quantitative estimate of drug-likeness (QED) is 0.723. The highest BCUT2D eigenvalue weighted by Gasteiger charge is 2.33. The van der Waals surface area contributed by atoms with Crippen LogP contribution in [0.4, 0.5) is 18.0 Å². The van der Waals surface area contributed by atoms with Gasteiger partial charge in [0, 0.05) is 13.1 Å². The van der Waals surface area contributed by atoms with Gasteiger partial charge < -0.3 is 4.74 Å². The average Bonchev–Trinajstić information content (AvgIpc) is 2.67. The first kappa shape index (κ1) is 14.7. The zero-order valence-electron chi connectivity index (χ0n) is 11.5. The lowest BCUT2D eigenvalue weighted by molar-refractivity contribution is -0.137. The van der Waals surface area contributed by atoms with Gasteiger partial charge in [-0.1, -0.05) is 6.07 Å². The van der Waals surface area contributed by atoms with Crippen LogP contribution in [0.2, 0.25) is 0 Å². The highest BCUT2D eigenvalue weighted by Crippen LogP contribution is 2.33. The highest BCUT2D eigenvalue weighted by molar-refractivity contribution is 5.69. The minimum Gasteiger partial charge on any atom is -0.444 e. The molecule has 2 rings (SSSR count). The minimum absolute atomic E-state index is 0.147. The van der Waals surface area contributed by atoms with Crippen LogP contribution in [0.3, 0.4) is 0 Å². The van der Waals surface area contributed by atoms with Crippen molar-refractivity contribution in [1.29, 1.82) is 0 Å². The van der Waals surface area contributed by atoms with Crippen molar-refractivity contribution in [2.24, 2.45) is 0 Å². The molecule has 0 radical (unpaired) electrons. The van der Waals surface area contributed by atoms with Crippen LogP contribution in [-0.4, -0.2) is 16.6 Å². The van der Waals surface area contributed by atoms with Crippen LogP contribution in [-0.2, 0) is 24.0 Å². The van der Waals surface area contributed by atoms with Gasteiger partial charge in [0.05, 0.1) is 5.56 Å². The lowest BCUT2D eigenvalue weighted by atomic mass is 10.1. The van der Waals surface area contributed by atoms with Gasteiger partial charge in [0.25, 0.3) is 0 Å². The van der Waals surface area contributed by atoms with Gasteiger partial charge in [-0.2, -0.15) is 13.2 Å². The van der Waals surface area contributed by atoms with Crippen molar-refractivity contribution in [2.45, 2.75) is 45.6 Å². The standard InChI is InChI=1S/C14H16F3NO2/c1-13(2,3)20-12(19)18-7-9-4-5-11(14(15,16)17)6-10(9)8-18/h4-6H,7-8H2,1-3H3. The summed E-state index contributed by atoms with van der Waals surface area (Å²) in [4.78, 5) is 13.3. The highest BCUT2D eigenvalue weighted by atomic mass is 19.4. The van der Waals surface area contributed by atoms with Crippen molar-refractivity contribution in [3.63, 3.8) is 0 Å². The average molecular weight is 287 g/mol. The Bertz CT molecular complexity index is 532. The molecule has 20 heavy (non-hydrogen) atoms. The smallest absolute Gasteiger partial charge is 0.416 e. The van der Waals surface area contributed by atoms with Crippen LogP contribution < -0.4 is 0 Å². The molecule has 0 N–H and O–H groups in total. The lowest BCUT2D eigenvalue weighted by Crippen LogP contribution is -2.33. The second kappa shape index (κ2) is 4.68. The van der Waals surface area contributed by atoms with E-state index >= 15 is 0 Å². The minimum atomic E-state index is -4.37. The van der Waals surface area contributed by atoms with E-state index in [9.17, 15) is 18.0 Å². The molecular weight excluding hydrogens is 271 g/mol. The van der Waals surface area contributed by atoms with Gasteiger partial charge in [-0.15, -0.1) is 0 Å². The number of benzene rings is 1. The Morgan fingerprint density at radius 2 is 1.75 bits per heavy atom. The topological polar surface area (TPSA) is 29.5 Å². The molecule has 1 aliphatic rings. The summed E-state index contributed by atoms with van der Waals surface area (Å²) < 4.78 is 43.1. The van der Waals surface area contributed by atoms with Crippen LogP contribution in [0.1, 0.15) is 37.5 Å². The van der Waals surface area contributed by atoms with Crippen molar-refractivity contribution in [3.05, 3.63) is 34.9 Å². The van der Waals surface area contributed by atoms with Gasteiger partial charge >= 0.3 is 12.3 Å². The van der Waals surface area contributed by atoms with Crippen LogP contribution in [0.25, 0.3) is 0 Å². The summed E-state index contributed by atoms with van der Waals surface area (Å²) in [5.41, 5.74) is -0.0694. The molecule has 0 fully saturated rings. The van der Waals surface area contributed by atoms with Crippen molar-refractivity contribution in [3.8, 4) is 0 Å². The molecule has 6 heteroatoms. The molecule has 3 nitrogen and oxygen atoms in total. The van der Waals surface area contributed by atoms with E-state index in [4.69, 9.17) is 4.74 Å². The Kier molecular flexibility index (Phi) is 3.44. The molecule has 0 unspecified atom stereocenters. The van der Waals surface area contributed by atoms with Gasteiger partial charge in [-0.05, 0) is 44.0 Å². The summed E-state index contributed by atoms with van der Waals surface area (Å²) in [7, 11) is 0. The van der Waals surface area contributed by atoms with E-state index < -0.39 is 23.4 Å². The number of nitrogens with zero attached hydrogens (tertiary/aromatic N) is 1. The summed E-state index contributed by atoms with van der Waals surface area (Å²) >= 11 is 0. The number of halogens is 3. The lowest BCUT2D eigenvalue weighted by Gasteiger charge is -2.24. The Morgan fingerprint density at radius 3 is 2.30 bits per heavy atom. The van der Waals surface area contributed by atoms with Crippen molar-refractivity contribution in [1.82, 2.24) is 4.90 Å². The predicted octanol–water partition coefficient (Wildman–Crippen LogP) is 3.96. The third-order valence-corrected chi connectivity index (χ3v) is 2.91. The maximum atomic E-state index is 12.6. The molecule has 0 spiro atoms. The van der Waals surface area contributed by atoms with Gasteiger partial charge in [-0.3, -0.25) is 4.90 Å². The van der Waals surface area contributed by atoms with Gasteiger partial charge in [-0.25, -0.2) is 4.79 Å². The number of carbonyl (C=O) groups excluding carboxylic acids is 1. The second-order valence-electron chi connectivity index (χ2n) is 5.82. The number of hydrogen-bond donors (Lipinski definition) is 0. The molecule has 0 atom stereocenters. The van der Waals surface area contributed by atoms with E-state index in [2.05, 4.69) is 0 Å². The number of hydrogen-bond acceptors (Lipinski definition) is 2. The number of ether oxygens (including phenoxy) is 1. The first-order valence-electron chi connectivity index (χ1n) is 6.23. The normalized spacial score (nSPS) is 15.2. The molecule has 1 aromatic carbocycles. The fourth-order valence-corrected chi connectivity index (χ4v) is 2.03.